The minimum absolute atomic E-state index is 0.0218. The zero-order valence-electron chi connectivity index (χ0n) is 13.7. The summed E-state index contributed by atoms with van der Waals surface area (Å²) < 4.78 is 5.62. The molecular weight excluding hydrogens is 340 g/mol. The topological polar surface area (TPSA) is 102 Å². The average molecular weight is 358 g/mol. The zero-order chi connectivity index (χ0) is 18.0. The number of hydrogen-bond acceptors (Lipinski definition) is 6. The number of rotatable bonds is 6. The van der Waals surface area contributed by atoms with E-state index in [4.69, 9.17) is 15.6 Å². The van der Waals surface area contributed by atoms with Gasteiger partial charge in [0.05, 0.1) is 17.3 Å². The van der Waals surface area contributed by atoms with Gasteiger partial charge in [0.1, 0.15) is 16.6 Å². The van der Waals surface area contributed by atoms with Gasteiger partial charge in [0.25, 0.3) is 0 Å². The Hall–Kier alpha value is -2.54. The smallest absolute Gasteiger partial charge is 0.344 e. The van der Waals surface area contributed by atoms with Crippen molar-refractivity contribution in [1.82, 2.24) is 0 Å². The molecule has 3 rings (SSSR count). The first-order chi connectivity index (χ1) is 12.0. The molecule has 0 amide bonds. The third-order valence-corrected chi connectivity index (χ3v) is 5.08. The van der Waals surface area contributed by atoms with E-state index in [1.807, 2.05) is 24.3 Å². The zero-order valence-corrected chi connectivity index (χ0v) is 14.5. The molecule has 0 aliphatic carbocycles. The molecule has 0 saturated carbocycles. The third kappa shape index (κ3) is 3.46. The van der Waals surface area contributed by atoms with E-state index in [2.05, 4.69) is 11.9 Å². The quantitative estimate of drug-likeness (QED) is 0.758. The van der Waals surface area contributed by atoms with E-state index in [1.165, 1.54) is 6.08 Å². The van der Waals surface area contributed by atoms with Gasteiger partial charge in [-0.25, -0.2) is 9.79 Å². The number of carboxylic acid groups (broad SMARTS) is 1. The summed E-state index contributed by atoms with van der Waals surface area (Å²) in [5.74, 6) is -1.39. The van der Waals surface area contributed by atoms with Crippen LogP contribution in [0, 0.1) is 5.92 Å². The standard InChI is InChI=1S/C18H18N2O4S/c1-2-3-8-24-11-6-4-10(5-7-11)12-9-13(21)14-15(19)16(18(22)23)25-17(14)20-12/h4-7,9,14H,2-3,8,19H2,1H3,(H,22,23). The molecule has 0 spiro atoms. The summed E-state index contributed by atoms with van der Waals surface area (Å²) in [5.41, 5.74) is 7.15. The maximum atomic E-state index is 12.4. The summed E-state index contributed by atoms with van der Waals surface area (Å²) in [6.45, 7) is 2.77. The first-order valence-electron chi connectivity index (χ1n) is 7.99. The van der Waals surface area contributed by atoms with Crippen LogP contribution in [0.25, 0.3) is 5.70 Å². The molecule has 0 radical (unpaired) electrons. The van der Waals surface area contributed by atoms with Crippen LogP contribution in [0.4, 0.5) is 0 Å². The van der Waals surface area contributed by atoms with E-state index in [9.17, 15) is 9.59 Å². The SMILES string of the molecule is CCCCOc1ccc(C2=CC(=O)C3C(=N2)SC(C(=O)O)=C3N)cc1. The van der Waals surface area contributed by atoms with E-state index in [1.54, 1.807) is 0 Å². The molecule has 1 atom stereocenters. The Morgan fingerprint density at radius 2 is 2.08 bits per heavy atom. The fourth-order valence-electron chi connectivity index (χ4n) is 2.59. The molecule has 3 N–H and O–H groups in total. The Morgan fingerprint density at radius 1 is 1.36 bits per heavy atom. The van der Waals surface area contributed by atoms with E-state index in [0.29, 0.717) is 17.3 Å². The van der Waals surface area contributed by atoms with Gasteiger partial charge in [-0.3, -0.25) is 4.79 Å². The first kappa shape index (κ1) is 17.3. The van der Waals surface area contributed by atoms with Crippen molar-refractivity contribution in [2.24, 2.45) is 16.6 Å². The second-order valence-corrected chi connectivity index (χ2v) is 6.76. The minimum atomic E-state index is -1.14. The maximum absolute atomic E-state index is 12.4. The summed E-state index contributed by atoms with van der Waals surface area (Å²) in [7, 11) is 0. The van der Waals surface area contributed by atoms with E-state index >= 15 is 0 Å². The van der Waals surface area contributed by atoms with Crippen LogP contribution in [-0.2, 0) is 9.59 Å². The number of hydrogen-bond donors (Lipinski definition) is 2. The van der Waals surface area contributed by atoms with Gasteiger partial charge in [-0.15, -0.1) is 0 Å². The van der Waals surface area contributed by atoms with Crippen LogP contribution in [-0.4, -0.2) is 28.5 Å². The van der Waals surface area contributed by atoms with Crippen molar-refractivity contribution in [2.45, 2.75) is 19.8 Å². The number of carboxylic acids is 1. The van der Waals surface area contributed by atoms with Crippen molar-refractivity contribution in [3.63, 3.8) is 0 Å². The number of fused-ring (bicyclic) bond motifs is 1. The Balaban J connectivity index is 1.79. The lowest BCUT2D eigenvalue weighted by molar-refractivity contribution is -0.131. The minimum Gasteiger partial charge on any atom is -0.494 e. The fraction of sp³-hybridized carbons (Fsp3) is 0.278. The van der Waals surface area contributed by atoms with Crippen molar-refractivity contribution in [1.29, 1.82) is 0 Å². The highest BCUT2D eigenvalue weighted by atomic mass is 32.2. The molecule has 2 heterocycles. The number of unbranched alkanes of at least 4 members (excludes halogenated alkanes) is 1. The summed E-state index contributed by atoms with van der Waals surface area (Å²) in [5, 5.41) is 9.58. The predicted molar refractivity (Wildman–Crippen MR) is 97.2 cm³/mol. The molecule has 0 aromatic heterocycles. The van der Waals surface area contributed by atoms with Crippen LogP contribution in [0.5, 0.6) is 5.75 Å². The Labute approximate surface area is 149 Å². The number of allylic oxidation sites excluding steroid dienone is 2. The second-order valence-electron chi connectivity index (χ2n) is 5.73. The van der Waals surface area contributed by atoms with Crippen LogP contribution in [0.15, 0.2) is 45.9 Å². The lowest BCUT2D eigenvalue weighted by atomic mass is 9.96. The summed E-state index contributed by atoms with van der Waals surface area (Å²) >= 11 is 0.948. The van der Waals surface area contributed by atoms with Crippen molar-refractivity contribution in [3.8, 4) is 5.75 Å². The monoisotopic (exact) mass is 358 g/mol. The summed E-state index contributed by atoms with van der Waals surface area (Å²) in [6, 6.07) is 7.33. The van der Waals surface area contributed by atoms with Crippen molar-refractivity contribution < 1.29 is 19.4 Å². The third-order valence-electron chi connectivity index (χ3n) is 3.93. The van der Waals surface area contributed by atoms with Crippen LogP contribution >= 0.6 is 11.8 Å². The lowest BCUT2D eigenvalue weighted by Crippen LogP contribution is -2.26. The molecule has 25 heavy (non-hydrogen) atoms. The Bertz CT molecular complexity index is 809. The number of nitrogens with zero attached hydrogens (tertiary/aromatic N) is 1. The average Bonchev–Trinajstić information content (AvgIpc) is 2.93. The number of carbonyl (C=O) groups excluding carboxylic acids is 1. The van der Waals surface area contributed by atoms with Gasteiger partial charge in [0.2, 0.25) is 0 Å². The summed E-state index contributed by atoms with van der Waals surface area (Å²) in [6.07, 6.45) is 3.48. The van der Waals surface area contributed by atoms with Gasteiger partial charge >= 0.3 is 5.97 Å². The molecule has 7 heteroatoms. The molecular formula is C18H18N2O4S. The van der Waals surface area contributed by atoms with Crippen molar-refractivity contribution in [3.05, 3.63) is 46.5 Å². The molecule has 0 fully saturated rings. The Morgan fingerprint density at radius 3 is 2.72 bits per heavy atom. The number of aliphatic carboxylic acids is 1. The van der Waals surface area contributed by atoms with Gasteiger partial charge in [-0.2, -0.15) is 0 Å². The van der Waals surface area contributed by atoms with E-state index < -0.39 is 11.9 Å². The normalized spacial score (nSPS) is 19.4. The molecule has 2 aliphatic rings. The Kier molecular flexibility index (Phi) is 4.94. The number of ether oxygens (including phenoxy) is 1. The van der Waals surface area contributed by atoms with Crippen LogP contribution in [0.2, 0.25) is 0 Å². The highest BCUT2D eigenvalue weighted by Gasteiger charge is 2.40. The number of thioether (sulfide) groups is 1. The van der Waals surface area contributed by atoms with Crippen molar-refractivity contribution >= 4 is 34.3 Å². The number of carbonyl (C=O) groups is 2. The second kappa shape index (κ2) is 7.14. The van der Waals surface area contributed by atoms with Gasteiger partial charge in [0.15, 0.2) is 5.78 Å². The molecule has 6 nitrogen and oxygen atoms in total. The molecule has 2 aliphatic heterocycles. The van der Waals surface area contributed by atoms with Crippen molar-refractivity contribution in [2.75, 3.05) is 6.61 Å². The highest BCUT2D eigenvalue weighted by Crippen LogP contribution is 2.40. The first-order valence-corrected chi connectivity index (χ1v) is 8.81. The largest absolute Gasteiger partial charge is 0.494 e. The van der Waals surface area contributed by atoms with Gasteiger partial charge in [-0.05, 0) is 30.7 Å². The van der Waals surface area contributed by atoms with E-state index in [-0.39, 0.29) is 16.4 Å². The van der Waals surface area contributed by atoms with Crippen LogP contribution < -0.4 is 10.5 Å². The predicted octanol–water partition coefficient (Wildman–Crippen LogP) is 2.81. The molecule has 1 unspecified atom stereocenters. The number of nitrogens with two attached hydrogens (primary N) is 1. The molecule has 1 aromatic rings. The fourth-order valence-corrected chi connectivity index (χ4v) is 3.63. The summed E-state index contributed by atoms with van der Waals surface area (Å²) in [4.78, 5) is 28.0. The van der Waals surface area contributed by atoms with Gasteiger partial charge in [0, 0.05) is 17.3 Å². The molecule has 130 valence electrons. The van der Waals surface area contributed by atoms with Crippen LogP contribution in [0.3, 0.4) is 0 Å². The molecule has 1 aromatic carbocycles. The molecule has 0 saturated heterocycles. The number of benzene rings is 1. The van der Waals surface area contributed by atoms with Gasteiger partial charge in [-0.1, -0.05) is 25.1 Å². The van der Waals surface area contributed by atoms with Gasteiger partial charge < -0.3 is 15.6 Å². The maximum Gasteiger partial charge on any atom is 0.344 e. The highest BCUT2D eigenvalue weighted by molar-refractivity contribution is 8.18. The lowest BCUT2D eigenvalue weighted by Gasteiger charge is -2.16. The number of aliphatic imine (C=N–C) groups is 1. The number of ketones is 1. The van der Waals surface area contributed by atoms with Crippen LogP contribution in [0.1, 0.15) is 25.3 Å². The van der Waals surface area contributed by atoms with E-state index in [0.717, 1.165) is 35.9 Å². The molecule has 0 bridgehead atoms.